The maximum atomic E-state index is 12.9. The lowest BCUT2D eigenvalue weighted by Crippen LogP contribution is -2.14. The van der Waals surface area contributed by atoms with Gasteiger partial charge >= 0.3 is 0 Å². The highest BCUT2D eigenvalue weighted by Gasteiger charge is 2.14. The van der Waals surface area contributed by atoms with E-state index >= 15 is 0 Å². The number of anilines is 1. The molecule has 0 fully saturated rings. The Kier molecular flexibility index (Phi) is 6.35. The van der Waals surface area contributed by atoms with E-state index in [2.05, 4.69) is 17.5 Å². The Hall–Kier alpha value is -3.87. The highest BCUT2D eigenvalue weighted by Crippen LogP contribution is 2.29. The summed E-state index contributed by atoms with van der Waals surface area (Å²) in [5.41, 5.74) is 4.50. The second-order valence-corrected chi connectivity index (χ2v) is 7.97. The molecule has 0 radical (unpaired) electrons. The Morgan fingerprint density at radius 2 is 1.66 bits per heavy atom. The van der Waals surface area contributed by atoms with Gasteiger partial charge in [0.25, 0.3) is 5.91 Å². The predicted molar refractivity (Wildman–Crippen MR) is 132 cm³/mol. The van der Waals surface area contributed by atoms with E-state index in [1.54, 1.807) is 6.08 Å². The van der Waals surface area contributed by atoms with Gasteiger partial charge in [-0.05, 0) is 64.6 Å². The molecule has 0 aliphatic heterocycles. The molecule has 0 unspecified atom stereocenters. The van der Waals surface area contributed by atoms with Crippen molar-refractivity contribution >= 4 is 40.0 Å². The lowest BCUT2D eigenvalue weighted by Gasteiger charge is -2.13. The van der Waals surface area contributed by atoms with E-state index < -0.39 is 5.91 Å². The Bertz CT molecular complexity index is 1380. The Morgan fingerprint density at radius 1 is 0.938 bits per heavy atom. The quantitative estimate of drug-likeness (QED) is 0.272. The van der Waals surface area contributed by atoms with E-state index in [0.717, 1.165) is 33.0 Å². The fraction of sp³-hybridized carbons (Fsp3) is 0.0714. The van der Waals surface area contributed by atoms with Crippen molar-refractivity contribution in [2.45, 2.75) is 13.3 Å². The van der Waals surface area contributed by atoms with Crippen LogP contribution in [0.1, 0.15) is 22.3 Å². The number of rotatable bonds is 5. The fourth-order valence-corrected chi connectivity index (χ4v) is 3.91. The number of amides is 1. The number of hydrogen-bond donors (Lipinski definition) is 1. The average molecular weight is 437 g/mol. The molecule has 0 aliphatic carbocycles. The summed E-state index contributed by atoms with van der Waals surface area (Å²) in [5.74, 6) is -0.432. The van der Waals surface area contributed by atoms with Gasteiger partial charge in [0, 0.05) is 10.7 Å². The molecule has 4 aromatic rings. The number of para-hydroxylation sites is 1. The molecular weight excluding hydrogens is 416 g/mol. The van der Waals surface area contributed by atoms with Crippen molar-refractivity contribution in [3.05, 3.63) is 118 Å². The molecule has 0 aromatic heterocycles. The van der Waals surface area contributed by atoms with Gasteiger partial charge in [0.05, 0.1) is 0 Å². The number of benzene rings is 4. The zero-order chi connectivity index (χ0) is 22.5. The van der Waals surface area contributed by atoms with E-state index in [4.69, 9.17) is 11.6 Å². The molecule has 0 bridgehead atoms. The molecular formula is C28H21ClN2O. The van der Waals surface area contributed by atoms with Crippen LogP contribution in [0.4, 0.5) is 5.69 Å². The first kappa shape index (κ1) is 21.4. The maximum absolute atomic E-state index is 12.9. The summed E-state index contributed by atoms with van der Waals surface area (Å²) >= 11 is 6.40. The topological polar surface area (TPSA) is 52.9 Å². The van der Waals surface area contributed by atoms with Gasteiger partial charge in [-0.1, -0.05) is 84.4 Å². The summed E-state index contributed by atoms with van der Waals surface area (Å²) in [7, 11) is 0. The molecule has 4 aromatic carbocycles. The number of carbonyl (C=O) groups is 1. The smallest absolute Gasteiger partial charge is 0.266 e. The molecule has 0 spiro atoms. The van der Waals surface area contributed by atoms with Crippen LogP contribution >= 0.6 is 11.6 Å². The number of nitrogens with zero attached hydrogens (tertiary/aromatic N) is 1. The molecule has 4 rings (SSSR count). The minimum atomic E-state index is -0.432. The molecule has 0 saturated carbocycles. The van der Waals surface area contributed by atoms with Crippen LogP contribution in [-0.4, -0.2) is 5.91 Å². The third-order valence-electron chi connectivity index (χ3n) is 5.45. The summed E-state index contributed by atoms with van der Waals surface area (Å²) in [6, 6.07) is 29.3. The van der Waals surface area contributed by atoms with Crippen LogP contribution in [0.2, 0.25) is 5.02 Å². The normalized spacial score (nSPS) is 11.2. The van der Waals surface area contributed by atoms with Crippen molar-refractivity contribution in [3.63, 3.8) is 0 Å². The zero-order valence-electron chi connectivity index (χ0n) is 17.6. The van der Waals surface area contributed by atoms with Crippen molar-refractivity contribution in [1.29, 1.82) is 5.26 Å². The minimum absolute atomic E-state index is 0.0463. The van der Waals surface area contributed by atoms with Crippen LogP contribution < -0.4 is 5.32 Å². The first-order chi connectivity index (χ1) is 15.6. The van der Waals surface area contributed by atoms with Gasteiger partial charge in [-0.15, -0.1) is 0 Å². The minimum Gasteiger partial charge on any atom is -0.321 e. The highest BCUT2D eigenvalue weighted by atomic mass is 35.5. The lowest BCUT2D eigenvalue weighted by molar-refractivity contribution is -0.112. The van der Waals surface area contributed by atoms with Gasteiger partial charge in [0.2, 0.25) is 0 Å². The lowest BCUT2D eigenvalue weighted by atomic mass is 9.93. The van der Waals surface area contributed by atoms with Crippen LogP contribution in [0.5, 0.6) is 0 Å². The van der Waals surface area contributed by atoms with E-state index in [9.17, 15) is 10.1 Å². The standard InChI is InChI=1S/C28H21ClN2O/c1-19-8-2-7-13-27(19)31-28(32)23(18-30)17-25-21(16-22-10-4-6-12-26(22)29)15-14-20-9-3-5-11-24(20)25/h2-15,17H,16H2,1H3,(H,31,32)/b23-17+. The van der Waals surface area contributed by atoms with Crippen molar-refractivity contribution < 1.29 is 4.79 Å². The summed E-state index contributed by atoms with van der Waals surface area (Å²) in [4.78, 5) is 12.9. The number of halogens is 1. The number of fused-ring (bicyclic) bond motifs is 1. The molecule has 1 amide bonds. The molecule has 4 heteroatoms. The van der Waals surface area contributed by atoms with Gasteiger partial charge in [-0.2, -0.15) is 5.26 Å². The van der Waals surface area contributed by atoms with Gasteiger partial charge in [-0.3, -0.25) is 4.79 Å². The van der Waals surface area contributed by atoms with Crippen LogP contribution in [0.25, 0.3) is 16.8 Å². The summed E-state index contributed by atoms with van der Waals surface area (Å²) in [6.45, 7) is 1.91. The first-order valence-corrected chi connectivity index (χ1v) is 10.7. The zero-order valence-corrected chi connectivity index (χ0v) is 18.4. The second-order valence-electron chi connectivity index (χ2n) is 7.57. The number of hydrogen-bond acceptors (Lipinski definition) is 2. The third kappa shape index (κ3) is 4.56. The van der Waals surface area contributed by atoms with E-state index in [-0.39, 0.29) is 5.57 Å². The van der Waals surface area contributed by atoms with E-state index in [1.165, 1.54) is 0 Å². The van der Waals surface area contributed by atoms with Crippen molar-refractivity contribution in [3.8, 4) is 6.07 Å². The SMILES string of the molecule is Cc1ccccc1NC(=O)/C(C#N)=C/c1c(Cc2ccccc2Cl)ccc2ccccc12. The Balaban J connectivity index is 1.79. The maximum Gasteiger partial charge on any atom is 0.266 e. The molecule has 156 valence electrons. The Morgan fingerprint density at radius 3 is 2.44 bits per heavy atom. The first-order valence-electron chi connectivity index (χ1n) is 10.3. The molecule has 32 heavy (non-hydrogen) atoms. The molecule has 3 nitrogen and oxygen atoms in total. The molecule has 0 aliphatic rings. The van der Waals surface area contributed by atoms with Crippen molar-refractivity contribution in [2.75, 3.05) is 5.32 Å². The predicted octanol–water partition coefficient (Wildman–Crippen LogP) is 6.94. The molecule has 1 N–H and O–H groups in total. The van der Waals surface area contributed by atoms with Gasteiger partial charge < -0.3 is 5.32 Å². The van der Waals surface area contributed by atoms with Crippen molar-refractivity contribution in [1.82, 2.24) is 0 Å². The second kappa shape index (κ2) is 9.51. The molecule has 0 saturated heterocycles. The highest BCUT2D eigenvalue weighted by molar-refractivity contribution is 6.31. The largest absolute Gasteiger partial charge is 0.321 e. The van der Waals surface area contributed by atoms with Crippen LogP contribution in [-0.2, 0) is 11.2 Å². The molecule has 0 atom stereocenters. The van der Waals surface area contributed by atoms with Gasteiger partial charge in [0.15, 0.2) is 0 Å². The average Bonchev–Trinajstić information content (AvgIpc) is 2.81. The summed E-state index contributed by atoms with van der Waals surface area (Å²) in [6.07, 6.45) is 2.27. The fourth-order valence-electron chi connectivity index (χ4n) is 3.71. The number of aryl methyl sites for hydroxylation is 1. The monoisotopic (exact) mass is 436 g/mol. The van der Waals surface area contributed by atoms with Crippen LogP contribution in [0, 0.1) is 18.3 Å². The summed E-state index contributed by atoms with van der Waals surface area (Å²) < 4.78 is 0. The Labute approximate surface area is 192 Å². The number of nitrogens with one attached hydrogen (secondary N) is 1. The van der Waals surface area contributed by atoms with Crippen molar-refractivity contribution in [2.24, 2.45) is 0 Å². The van der Waals surface area contributed by atoms with Crippen LogP contribution in [0.3, 0.4) is 0 Å². The van der Waals surface area contributed by atoms with Gasteiger partial charge in [-0.25, -0.2) is 0 Å². The van der Waals surface area contributed by atoms with E-state index in [1.807, 2.05) is 85.8 Å². The third-order valence-corrected chi connectivity index (χ3v) is 5.82. The molecule has 0 heterocycles. The number of carbonyl (C=O) groups excluding carboxylic acids is 1. The van der Waals surface area contributed by atoms with Gasteiger partial charge in [0.1, 0.15) is 11.6 Å². The number of nitriles is 1. The summed E-state index contributed by atoms with van der Waals surface area (Å²) in [5, 5.41) is 15.4. The van der Waals surface area contributed by atoms with Crippen LogP contribution in [0.15, 0.2) is 90.5 Å². The van der Waals surface area contributed by atoms with E-state index in [0.29, 0.717) is 17.1 Å².